The van der Waals surface area contributed by atoms with E-state index in [1.54, 1.807) is 0 Å². The second-order valence-electron chi connectivity index (χ2n) is 10.6. The van der Waals surface area contributed by atoms with Crippen LogP contribution in [0.5, 0.6) is 0 Å². The molecule has 7 heteroatoms. The topological polar surface area (TPSA) is 105 Å². The van der Waals surface area contributed by atoms with Gasteiger partial charge in [0.25, 0.3) is 0 Å². The van der Waals surface area contributed by atoms with Crippen molar-refractivity contribution in [3.8, 4) is 11.1 Å². The number of carboxylic acid groups (broad SMARTS) is 1. The summed E-state index contributed by atoms with van der Waals surface area (Å²) in [6.45, 7) is 0.281. The summed E-state index contributed by atoms with van der Waals surface area (Å²) in [4.78, 5) is 36.8. The van der Waals surface area contributed by atoms with Crippen LogP contribution >= 0.6 is 0 Å². The molecular formula is C28H30N2O5. The first-order valence-corrected chi connectivity index (χ1v) is 12.6. The molecule has 0 aliphatic heterocycles. The van der Waals surface area contributed by atoms with Gasteiger partial charge in [-0.1, -0.05) is 48.5 Å². The minimum atomic E-state index is -0.948. The van der Waals surface area contributed by atoms with Crippen LogP contribution in [-0.2, 0) is 14.3 Å². The Morgan fingerprint density at radius 3 is 2.23 bits per heavy atom. The van der Waals surface area contributed by atoms with Crippen molar-refractivity contribution in [1.29, 1.82) is 0 Å². The summed E-state index contributed by atoms with van der Waals surface area (Å²) in [5, 5.41) is 15.2. The smallest absolute Gasteiger partial charge is 0.407 e. The van der Waals surface area contributed by atoms with Gasteiger partial charge in [-0.25, -0.2) is 9.59 Å². The maximum Gasteiger partial charge on any atom is 0.407 e. The summed E-state index contributed by atoms with van der Waals surface area (Å²) in [7, 11) is 0. The lowest BCUT2D eigenvalue weighted by molar-refractivity contribution is -0.143. The van der Waals surface area contributed by atoms with Gasteiger partial charge in [-0.2, -0.15) is 0 Å². The molecule has 0 saturated heterocycles. The molecule has 3 N–H and O–H groups in total. The largest absolute Gasteiger partial charge is 0.480 e. The highest BCUT2D eigenvalue weighted by molar-refractivity contribution is 5.85. The third kappa shape index (κ3) is 4.07. The highest BCUT2D eigenvalue weighted by Gasteiger charge is 2.51. The van der Waals surface area contributed by atoms with Gasteiger partial charge in [0.05, 0.1) is 0 Å². The van der Waals surface area contributed by atoms with Crippen molar-refractivity contribution in [2.24, 2.45) is 23.7 Å². The number of carbonyl (C=O) groups is 3. The predicted molar refractivity (Wildman–Crippen MR) is 129 cm³/mol. The fourth-order valence-electron chi connectivity index (χ4n) is 6.48. The second-order valence-corrected chi connectivity index (χ2v) is 10.6. The molecule has 0 bridgehead atoms. The molecule has 2 unspecified atom stereocenters. The van der Waals surface area contributed by atoms with Gasteiger partial charge in [-0.05, 0) is 72.1 Å². The first-order valence-electron chi connectivity index (χ1n) is 12.6. The zero-order valence-corrected chi connectivity index (χ0v) is 19.5. The number of rotatable bonds is 7. The van der Waals surface area contributed by atoms with Crippen molar-refractivity contribution in [1.82, 2.24) is 10.6 Å². The maximum atomic E-state index is 12.7. The van der Waals surface area contributed by atoms with Gasteiger partial charge in [0.15, 0.2) is 0 Å². The number of nitrogens with one attached hydrogen (secondary N) is 2. The number of ether oxygens (including phenoxy) is 1. The monoisotopic (exact) mass is 474 g/mol. The van der Waals surface area contributed by atoms with Gasteiger partial charge in [0, 0.05) is 17.9 Å². The zero-order valence-electron chi connectivity index (χ0n) is 19.5. The Bertz CT molecular complexity index is 1130. The average molecular weight is 475 g/mol. The molecule has 5 atom stereocenters. The van der Waals surface area contributed by atoms with Crippen molar-refractivity contribution < 1.29 is 24.2 Å². The van der Waals surface area contributed by atoms with Gasteiger partial charge in [-0.15, -0.1) is 0 Å². The lowest BCUT2D eigenvalue weighted by Crippen LogP contribution is -2.50. The Balaban J connectivity index is 1.02. The average Bonchev–Trinajstić information content (AvgIpc) is 3.56. The van der Waals surface area contributed by atoms with E-state index < -0.39 is 18.1 Å². The molecular weight excluding hydrogens is 444 g/mol. The maximum absolute atomic E-state index is 12.7. The Morgan fingerprint density at radius 1 is 0.943 bits per heavy atom. The summed E-state index contributed by atoms with van der Waals surface area (Å²) >= 11 is 0. The number of benzene rings is 2. The summed E-state index contributed by atoms with van der Waals surface area (Å²) < 4.78 is 5.69. The fourth-order valence-corrected chi connectivity index (χ4v) is 6.48. The van der Waals surface area contributed by atoms with Crippen molar-refractivity contribution in [3.05, 3.63) is 59.7 Å². The minimum Gasteiger partial charge on any atom is -0.480 e. The van der Waals surface area contributed by atoms with E-state index in [4.69, 9.17) is 4.74 Å². The summed E-state index contributed by atoms with van der Waals surface area (Å²) in [5.41, 5.74) is 4.75. The first kappa shape index (κ1) is 22.1. The first-order chi connectivity index (χ1) is 17.0. The van der Waals surface area contributed by atoms with Crippen molar-refractivity contribution >= 4 is 18.0 Å². The van der Waals surface area contributed by atoms with Crippen LogP contribution < -0.4 is 10.6 Å². The molecule has 6 rings (SSSR count). The Hall–Kier alpha value is -3.35. The van der Waals surface area contributed by atoms with E-state index in [2.05, 4.69) is 34.9 Å². The number of carboxylic acids is 1. The van der Waals surface area contributed by atoms with Gasteiger partial charge in [0.2, 0.25) is 5.91 Å². The van der Waals surface area contributed by atoms with Crippen LogP contribution in [0.25, 0.3) is 11.1 Å². The number of fused-ring (bicyclic) bond motifs is 4. The van der Waals surface area contributed by atoms with Crippen LogP contribution in [-0.4, -0.2) is 41.8 Å². The molecule has 4 aliphatic carbocycles. The zero-order chi connectivity index (χ0) is 24.1. The molecule has 35 heavy (non-hydrogen) atoms. The number of hydrogen-bond acceptors (Lipinski definition) is 4. The molecule has 7 nitrogen and oxygen atoms in total. The number of hydrogen-bond donors (Lipinski definition) is 3. The number of aliphatic carboxylic acids is 1. The van der Waals surface area contributed by atoms with Crippen LogP contribution in [0.2, 0.25) is 0 Å². The van der Waals surface area contributed by atoms with Crippen LogP contribution in [0.4, 0.5) is 4.79 Å². The van der Waals surface area contributed by atoms with E-state index in [-0.39, 0.29) is 42.2 Å². The van der Waals surface area contributed by atoms with Crippen LogP contribution in [0.1, 0.15) is 49.1 Å². The van der Waals surface area contributed by atoms with Gasteiger partial charge >= 0.3 is 12.1 Å². The number of alkyl carbamates (subject to hydrolysis) is 1. The predicted octanol–water partition coefficient (Wildman–Crippen LogP) is 3.92. The Kier molecular flexibility index (Phi) is 5.50. The molecule has 3 saturated carbocycles. The molecule has 2 aromatic carbocycles. The lowest BCUT2D eigenvalue weighted by atomic mass is 9.71. The van der Waals surface area contributed by atoms with E-state index in [1.807, 2.05) is 24.3 Å². The van der Waals surface area contributed by atoms with Gasteiger partial charge in [0.1, 0.15) is 12.6 Å². The molecule has 2 aromatic rings. The van der Waals surface area contributed by atoms with E-state index >= 15 is 0 Å². The quantitative estimate of drug-likeness (QED) is 0.564. The molecule has 0 spiro atoms. The molecule has 4 aliphatic rings. The van der Waals surface area contributed by atoms with E-state index in [9.17, 15) is 19.5 Å². The second kappa shape index (κ2) is 8.70. The molecule has 0 aromatic heterocycles. The number of amides is 2. The Morgan fingerprint density at radius 2 is 1.60 bits per heavy atom. The van der Waals surface area contributed by atoms with Gasteiger partial charge in [-0.3, -0.25) is 4.79 Å². The molecule has 0 heterocycles. The number of carbonyl (C=O) groups excluding carboxylic acids is 2. The Labute approximate surface area is 204 Å². The van der Waals surface area contributed by atoms with E-state index in [1.165, 1.54) is 22.3 Å². The fraction of sp³-hybridized carbons (Fsp3) is 0.464. The summed E-state index contributed by atoms with van der Waals surface area (Å²) in [5.74, 6) is -0.549. The SMILES string of the molecule is O=C(N[C@H]1C[C@H]2CC(C(=O)NC(C(=O)O)C3CC3)C[C@H]21)OCC1c2ccccc2-c2ccccc21. The third-order valence-electron chi connectivity index (χ3n) is 8.50. The summed E-state index contributed by atoms with van der Waals surface area (Å²) in [6.07, 6.45) is 3.59. The van der Waals surface area contributed by atoms with E-state index in [0.717, 1.165) is 25.7 Å². The summed E-state index contributed by atoms with van der Waals surface area (Å²) in [6, 6.07) is 15.7. The molecule has 0 radical (unpaired) electrons. The van der Waals surface area contributed by atoms with Crippen LogP contribution in [0.15, 0.2) is 48.5 Å². The third-order valence-corrected chi connectivity index (χ3v) is 8.50. The van der Waals surface area contributed by atoms with Crippen molar-refractivity contribution in [2.75, 3.05) is 6.61 Å². The van der Waals surface area contributed by atoms with Crippen molar-refractivity contribution in [3.63, 3.8) is 0 Å². The highest BCUT2D eigenvalue weighted by atomic mass is 16.5. The normalized spacial score (nSPS) is 27.1. The van der Waals surface area contributed by atoms with E-state index in [0.29, 0.717) is 12.3 Å². The lowest BCUT2D eigenvalue weighted by Gasteiger charge is -2.40. The molecule has 182 valence electrons. The minimum absolute atomic E-state index is 0.00662. The van der Waals surface area contributed by atoms with Crippen LogP contribution in [0.3, 0.4) is 0 Å². The van der Waals surface area contributed by atoms with Crippen molar-refractivity contribution in [2.45, 2.75) is 50.1 Å². The standard InChI is InChI=1S/C28H30N2O5/c31-26(30-25(27(32)33)15-9-10-15)17-11-16-13-24(22(16)12-17)29-28(34)35-14-23-20-7-3-1-5-18(20)19-6-2-4-8-21(19)23/h1-8,15-17,22-25H,9-14H2,(H,29,34)(H,30,31)(H,32,33)/t16-,17?,22-,24+,25?/m1/s1. The van der Waals surface area contributed by atoms with Gasteiger partial charge < -0.3 is 20.5 Å². The highest BCUT2D eigenvalue weighted by Crippen LogP contribution is 2.50. The molecule has 2 amide bonds. The molecule has 3 fully saturated rings. The van der Waals surface area contributed by atoms with Crippen LogP contribution in [0, 0.1) is 23.7 Å².